The topological polar surface area (TPSA) is 75.1 Å². The minimum atomic E-state index is -0.182. The molecule has 0 aliphatic carbocycles. The number of allylic oxidation sites excluding steroid dienone is 4. The van der Waals surface area contributed by atoms with E-state index in [0.29, 0.717) is 23.6 Å². The van der Waals surface area contributed by atoms with Gasteiger partial charge < -0.3 is 10.4 Å². The largest absolute Gasteiger partial charge is 0.508 e. The van der Waals surface area contributed by atoms with Gasteiger partial charge in [0.15, 0.2) is 5.82 Å². The highest BCUT2D eigenvalue weighted by Crippen LogP contribution is 2.23. The fraction of sp³-hybridized carbons (Fsp3) is 0.211. The Morgan fingerprint density at radius 2 is 1.96 bits per heavy atom. The number of amides is 1. The first-order valence-electron chi connectivity index (χ1n) is 7.71. The molecule has 2 N–H and O–H groups in total. The molecule has 1 heterocycles. The van der Waals surface area contributed by atoms with Crippen molar-refractivity contribution in [2.24, 2.45) is 0 Å². The van der Waals surface area contributed by atoms with Gasteiger partial charge in [-0.15, -0.1) is 0 Å². The van der Waals surface area contributed by atoms with Crippen molar-refractivity contribution in [2.45, 2.75) is 27.2 Å². The molecule has 0 aliphatic heterocycles. The van der Waals surface area contributed by atoms with Crippen molar-refractivity contribution >= 4 is 11.7 Å². The molecule has 0 atom stereocenters. The number of aromatic nitrogens is 2. The maximum absolute atomic E-state index is 11.4. The molecule has 0 spiro atoms. The summed E-state index contributed by atoms with van der Waals surface area (Å²) in [5.74, 6) is 0.489. The van der Waals surface area contributed by atoms with Crippen LogP contribution in [0.25, 0.3) is 11.3 Å². The lowest BCUT2D eigenvalue weighted by molar-refractivity contribution is -0.114. The predicted octanol–water partition coefficient (Wildman–Crippen LogP) is 3.87. The Balaban J connectivity index is 2.40. The number of carbonyl (C=O) groups is 1. The SMILES string of the molecule is C/C=C\C=C(/C)Cc1nc(-c2ccc(O)cc2)cnc1NC(C)=O. The zero-order valence-electron chi connectivity index (χ0n) is 14.1. The van der Waals surface area contributed by atoms with E-state index in [4.69, 9.17) is 0 Å². The minimum absolute atomic E-state index is 0.182. The van der Waals surface area contributed by atoms with Crippen LogP contribution in [0.4, 0.5) is 5.82 Å². The molecule has 0 saturated heterocycles. The smallest absolute Gasteiger partial charge is 0.222 e. The van der Waals surface area contributed by atoms with E-state index in [-0.39, 0.29) is 11.7 Å². The standard InChI is InChI=1S/C19H21N3O2/c1-4-5-6-13(2)11-17-19(21-14(3)23)20-12-18(22-17)15-7-9-16(24)10-8-15/h4-10,12,24H,11H2,1-3H3,(H,20,21,23)/b5-4-,13-6+. The number of rotatable bonds is 5. The third kappa shape index (κ3) is 4.78. The molecule has 0 fully saturated rings. The molecule has 24 heavy (non-hydrogen) atoms. The van der Waals surface area contributed by atoms with Crippen molar-refractivity contribution < 1.29 is 9.90 Å². The van der Waals surface area contributed by atoms with Gasteiger partial charge >= 0.3 is 0 Å². The molecule has 0 saturated carbocycles. The highest BCUT2D eigenvalue weighted by molar-refractivity contribution is 5.88. The van der Waals surface area contributed by atoms with Crippen LogP contribution >= 0.6 is 0 Å². The van der Waals surface area contributed by atoms with E-state index in [2.05, 4.69) is 15.3 Å². The average molecular weight is 323 g/mol. The Morgan fingerprint density at radius 3 is 2.58 bits per heavy atom. The second-order valence-corrected chi connectivity index (χ2v) is 5.49. The Labute approximate surface area is 141 Å². The second-order valence-electron chi connectivity index (χ2n) is 5.49. The number of phenolic OH excluding ortho intramolecular Hbond substituents is 1. The fourth-order valence-corrected chi connectivity index (χ4v) is 2.18. The molecule has 1 aromatic heterocycles. The number of nitrogens with one attached hydrogen (secondary N) is 1. The van der Waals surface area contributed by atoms with Gasteiger partial charge in [-0.25, -0.2) is 9.97 Å². The molecule has 5 nitrogen and oxygen atoms in total. The number of hydrogen-bond donors (Lipinski definition) is 2. The number of carbonyl (C=O) groups excluding carboxylic acids is 1. The van der Waals surface area contributed by atoms with Crippen molar-refractivity contribution in [2.75, 3.05) is 5.32 Å². The van der Waals surface area contributed by atoms with Crippen LogP contribution in [-0.2, 0) is 11.2 Å². The van der Waals surface area contributed by atoms with Gasteiger partial charge in [-0.3, -0.25) is 4.79 Å². The summed E-state index contributed by atoms with van der Waals surface area (Å²) < 4.78 is 0. The molecule has 124 valence electrons. The summed E-state index contributed by atoms with van der Waals surface area (Å²) in [6.45, 7) is 5.41. The van der Waals surface area contributed by atoms with E-state index in [1.807, 2.05) is 32.1 Å². The molecule has 0 radical (unpaired) electrons. The monoisotopic (exact) mass is 323 g/mol. The first kappa shape index (κ1) is 17.4. The zero-order chi connectivity index (χ0) is 17.5. The summed E-state index contributed by atoms with van der Waals surface area (Å²) in [4.78, 5) is 20.4. The van der Waals surface area contributed by atoms with Gasteiger partial charge in [-0.1, -0.05) is 23.8 Å². The maximum Gasteiger partial charge on any atom is 0.222 e. The molecule has 1 amide bonds. The van der Waals surface area contributed by atoms with Gasteiger partial charge in [0.25, 0.3) is 0 Å². The summed E-state index contributed by atoms with van der Waals surface area (Å²) in [6, 6.07) is 6.78. The van der Waals surface area contributed by atoms with Crippen molar-refractivity contribution in [1.82, 2.24) is 9.97 Å². The Hall–Kier alpha value is -2.95. The van der Waals surface area contributed by atoms with Crippen LogP contribution in [0.5, 0.6) is 5.75 Å². The number of phenols is 1. The summed E-state index contributed by atoms with van der Waals surface area (Å²) in [7, 11) is 0. The van der Waals surface area contributed by atoms with Crippen LogP contribution in [0.3, 0.4) is 0 Å². The van der Waals surface area contributed by atoms with Crippen LogP contribution in [-0.4, -0.2) is 21.0 Å². The molecular formula is C19H21N3O2. The quantitative estimate of drug-likeness (QED) is 0.819. The third-order valence-electron chi connectivity index (χ3n) is 3.32. The molecular weight excluding hydrogens is 302 g/mol. The first-order chi connectivity index (χ1) is 11.5. The zero-order valence-corrected chi connectivity index (χ0v) is 14.1. The molecule has 0 aliphatic rings. The lowest BCUT2D eigenvalue weighted by atomic mass is 10.1. The van der Waals surface area contributed by atoms with Crippen LogP contribution < -0.4 is 5.32 Å². The number of hydrogen-bond acceptors (Lipinski definition) is 4. The molecule has 0 bridgehead atoms. The Kier molecular flexibility index (Phi) is 5.84. The Morgan fingerprint density at radius 1 is 1.25 bits per heavy atom. The van der Waals surface area contributed by atoms with Gasteiger partial charge in [0.05, 0.1) is 17.6 Å². The lowest BCUT2D eigenvalue weighted by Crippen LogP contribution is -2.12. The van der Waals surface area contributed by atoms with E-state index in [9.17, 15) is 9.90 Å². The van der Waals surface area contributed by atoms with Gasteiger partial charge in [0, 0.05) is 18.9 Å². The van der Waals surface area contributed by atoms with Crippen molar-refractivity contribution in [1.29, 1.82) is 0 Å². The van der Waals surface area contributed by atoms with E-state index < -0.39 is 0 Å². The minimum Gasteiger partial charge on any atom is -0.508 e. The van der Waals surface area contributed by atoms with Crippen LogP contribution in [0.2, 0.25) is 0 Å². The first-order valence-corrected chi connectivity index (χ1v) is 7.71. The average Bonchev–Trinajstić information content (AvgIpc) is 2.55. The lowest BCUT2D eigenvalue weighted by Gasteiger charge is -2.11. The number of aromatic hydroxyl groups is 1. The summed E-state index contributed by atoms with van der Waals surface area (Å²) in [5.41, 5.74) is 3.36. The molecule has 1 aromatic carbocycles. The van der Waals surface area contributed by atoms with Crippen LogP contribution in [0, 0.1) is 0 Å². The molecule has 2 rings (SSSR count). The number of nitrogens with zero attached hydrogens (tertiary/aromatic N) is 2. The fourth-order valence-electron chi connectivity index (χ4n) is 2.18. The summed E-state index contributed by atoms with van der Waals surface area (Å²) in [5, 5.41) is 12.1. The number of benzene rings is 1. The van der Waals surface area contributed by atoms with Gasteiger partial charge in [0.1, 0.15) is 5.75 Å². The van der Waals surface area contributed by atoms with Crippen molar-refractivity contribution in [3.05, 3.63) is 60.0 Å². The second kappa shape index (κ2) is 8.06. The summed E-state index contributed by atoms with van der Waals surface area (Å²) in [6.07, 6.45) is 8.12. The molecule has 2 aromatic rings. The van der Waals surface area contributed by atoms with Crippen molar-refractivity contribution in [3.63, 3.8) is 0 Å². The molecule has 5 heteroatoms. The predicted molar refractivity (Wildman–Crippen MR) is 95.7 cm³/mol. The van der Waals surface area contributed by atoms with E-state index in [1.165, 1.54) is 6.92 Å². The van der Waals surface area contributed by atoms with E-state index in [0.717, 1.165) is 11.1 Å². The highest BCUT2D eigenvalue weighted by atomic mass is 16.3. The third-order valence-corrected chi connectivity index (χ3v) is 3.32. The number of anilines is 1. The molecule has 0 unspecified atom stereocenters. The van der Waals surface area contributed by atoms with Crippen molar-refractivity contribution in [3.8, 4) is 17.0 Å². The van der Waals surface area contributed by atoms with Gasteiger partial charge in [0.2, 0.25) is 5.91 Å². The van der Waals surface area contributed by atoms with E-state index >= 15 is 0 Å². The van der Waals surface area contributed by atoms with Crippen LogP contribution in [0.1, 0.15) is 26.5 Å². The van der Waals surface area contributed by atoms with Gasteiger partial charge in [-0.05, 0) is 38.1 Å². The normalized spacial score (nSPS) is 11.7. The van der Waals surface area contributed by atoms with E-state index in [1.54, 1.807) is 30.5 Å². The highest BCUT2D eigenvalue weighted by Gasteiger charge is 2.11. The van der Waals surface area contributed by atoms with Gasteiger partial charge in [-0.2, -0.15) is 0 Å². The Bertz CT molecular complexity index is 778. The maximum atomic E-state index is 11.4. The summed E-state index contributed by atoms with van der Waals surface area (Å²) >= 11 is 0. The van der Waals surface area contributed by atoms with Crippen LogP contribution in [0.15, 0.2) is 54.3 Å².